The van der Waals surface area contributed by atoms with Crippen molar-refractivity contribution in [1.29, 1.82) is 0 Å². The van der Waals surface area contributed by atoms with Gasteiger partial charge in [-0.25, -0.2) is 0 Å². The van der Waals surface area contributed by atoms with Crippen molar-refractivity contribution in [3.8, 4) is 11.6 Å². The van der Waals surface area contributed by atoms with Gasteiger partial charge in [-0.05, 0) is 30.0 Å². The van der Waals surface area contributed by atoms with Crippen LogP contribution >= 0.6 is 0 Å². The monoisotopic (exact) mass is 297 g/mol. The maximum atomic E-state index is 11.4. The van der Waals surface area contributed by atoms with Crippen molar-refractivity contribution >= 4 is 17.2 Å². The summed E-state index contributed by atoms with van der Waals surface area (Å²) in [6.07, 6.45) is 1.54. The molecule has 22 heavy (non-hydrogen) atoms. The number of rotatable bonds is 4. The summed E-state index contributed by atoms with van der Waals surface area (Å²) in [7, 11) is 0. The van der Waals surface area contributed by atoms with Crippen LogP contribution in [0.5, 0.6) is 11.6 Å². The minimum absolute atomic E-state index is 0.114. The highest BCUT2D eigenvalue weighted by molar-refractivity contribution is 5.94. The van der Waals surface area contributed by atoms with Crippen molar-refractivity contribution in [1.82, 2.24) is 9.38 Å². The lowest BCUT2D eigenvalue weighted by Gasteiger charge is -2.03. The predicted molar refractivity (Wildman–Crippen MR) is 78.4 cm³/mol. The van der Waals surface area contributed by atoms with Crippen LogP contribution in [0.25, 0.3) is 5.65 Å². The molecule has 0 N–H and O–H groups in total. The van der Waals surface area contributed by atoms with Crippen molar-refractivity contribution in [3.05, 3.63) is 64.3 Å². The average Bonchev–Trinajstić information content (AvgIpc) is 2.85. The van der Waals surface area contributed by atoms with Crippen LogP contribution in [0, 0.1) is 10.1 Å². The zero-order valence-electron chi connectivity index (χ0n) is 11.6. The SMILES string of the molecule is CC(=O)c1cccc(Oc2nc3ccccn3c2[N+](=O)[O-])c1. The molecule has 0 fully saturated rings. The van der Waals surface area contributed by atoms with Gasteiger partial charge in [0.1, 0.15) is 5.75 Å². The zero-order chi connectivity index (χ0) is 15.7. The number of nitrogens with zero attached hydrogens (tertiary/aromatic N) is 3. The molecule has 0 saturated heterocycles. The van der Waals surface area contributed by atoms with Crippen molar-refractivity contribution < 1.29 is 14.5 Å². The molecule has 7 nitrogen and oxygen atoms in total. The van der Waals surface area contributed by atoms with Crippen LogP contribution in [0.15, 0.2) is 48.7 Å². The van der Waals surface area contributed by atoms with Gasteiger partial charge in [-0.3, -0.25) is 4.79 Å². The van der Waals surface area contributed by atoms with E-state index in [1.807, 2.05) is 0 Å². The van der Waals surface area contributed by atoms with Gasteiger partial charge in [0, 0.05) is 11.6 Å². The van der Waals surface area contributed by atoms with Crippen molar-refractivity contribution in [2.45, 2.75) is 6.92 Å². The number of benzene rings is 1. The van der Waals surface area contributed by atoms with Gasteiger partial charge >= 0.3 is 11.7 Å². The molecule has 2 aromatic heterocycles. The Kier molecular flexibility index (Phi) is 3.30. The van der Waals surface area contributed by atoms with Gasteiger partial charge in [-0.1, -0.05) is 18.2 Å². The normalized spacial score (nSPS) is 10.6. The smallest absolute Gasteiger partial charge is 0.392 e. The molecule has 0 unspecified atom stereocenters. The molecule has 0 atom stereocenters. The molecular weight excluding hydrogens is 286 g/mol. The highest BCUT2D eigenvalue weighted by Gasteiger charge is 2.24. The van der Waals surface area contributed by atoms with Crippen LogP contribution in [-0.2, 0) is 0 Å². The molecule has 0 aliphatic rings. The quantitative estimate of drug-likeness (QED) is 0.419. The molecule has 7 heteroatoms. The number of ether oxygens (including phenoxy) is 1. The first-order chi connectivity index (χ1) is 10.6. The summed E-state index contributed by atoms with van der Waals surface area (Å²) >= 11 is 0. The predicted octanol–water partition coefficient (Wildman–Crippen LogP) is 3.24. The first kappa shape index (κ1) is 13.7. The summed E-state index contributed by atoms with van der Waals surface area (Å²) in [5, 5.41) is 11.3. The third-order valence-corrected chi connectivity index (χ3v) is 3.10. The van der Waals surface area contributed by atoms with Crippen LogP contribution in [0.3, 0.4) is 0 Å². The second-order valence-corrected chi connectivity index (χ2v) is 4.61. The van der Waals surface area contributed by atoms with Gasteiger partial charge in [0.25, 0.3) is 0 Å². The number of carbonyl (C=O) groups is 1. The number of imidazole rings is 1. The Morgan fingerprint density at radius 2 is 2.09 bits per heavy atom. The van der Waals surface area contributed by atoms with E-state index in [4.69, 9.17) is 4.74 Å². The number of Topliss-reactive ketones (excluding diaryl/α,β-unsaturated/α-hetero) is 1. The molecule has 0 bridgehead atoms. The highest BCUT2D eigenvalue weighted by Crippen LogP contribution is 2.31. The Balaban J connectivity index is 2.07. The van der Waals surface area contributed by atoms with E-state index in [1.54, 1.807) is 42.6 Å². The van der Waals surface area contributed by atoms with E-state index in [0.29, 0.717) is 17.0 Å². The number of hydrogen-bond donors (Lipinski definition) is 0. The Bertz CT molecular complexity index is 885. The molecule has 2 heterocycles. The highest BCUT2D eigenvalue weighted by atomic mass is 16.6. The summed E-state index contributed by atoms with van der Waals surface area (Å²) in [5.41, 5.74) is 0.871. The first-order valence-electron chi connectivity index (χ1n) is 6.46. The number of nitro groups is 1. The summed E-state index contributed by atoms with van der Waals surface area (Å²) in [5.74, 6) is -0.171. The molecule has 110 valence electrons. The summed E-state index contributed by atoms with van der Waals surface area (Å²) in [4.78, 5) is 26.2. The van der Waals surface area contributed by atoms with E-state index in [-0.39, 0.29) is 17.5 Å². The van der Waals surface area contributed by atoms with Crippen LogP contribution in [-0.4, -0.2) is 20.1 Å². The van der Waals surface area contributed by atoms with Crippen LogP contribution < -0.4 is 4.74 Å². The number of pyridine rings is 1. The third kappa shape index (κ3) is 2.39. The Morgan fingerprint density at radius 3 is 2.82 bits per heavy atom. The summed E-state index contributed by atoms with van der Waals surface area (Å²) < 4.78 is 6.86. The minimum Gasteiger partial charge on any atom is -0.432 e. The van der Waals surface area contributed by atoms with Gasteiger partial charge in [0.15, 0.2) is 5.78 Å². The van der Waals surface area contributed by atoms with E-state index in [9.17, 15) is 14.9 Å². The molecule has 1 aromatic carbocycles. The molecule has 0 aliphatic heterocycles. The Labute approximate surface area is 124 Å². The number of ketones is 1. The number of fused-ring (bicyclic) bond motifs is 1. The lowest BCUT2D eigenvalue weighted by Crippen LogP contribution is -1.97. The second-order valence-electron chi connectivity index (χ2n) is 4.61. The summed E-state index contributed by atoms with van der Waals surface area (Å²) in [6, 6.07) is 11.5. The van der Waals surface area contributed by atoms with E-state index < -0.39 is 4.92 Å². The minimum atomic E-state index is -0.551. The van der Waals surface area contributed by atoms with Gasteiger partial charge < -0.3 is 14.9 Å². The van der Waals surface area contributed by atoms with E-state index in [0.717, 1.165) is 0 Å². The topological polar surface area (TPSA) is 86.7 Å². The fourth-order valence-electron chi connectivity index (χ4n) is 2.09. The van der Waals surface area contributed by atoms with Crippen LogP contribution in [0.1, 0.15) is 17.3 Å². The maximum absolute atomic E-state index is 11.4. The van der Waals surface area contributed by atoms with Crippen LogP contribution in [0.2, 0.25) is 0 Å². The van der Waals surface area contributed by atoms with Gasteiger partial charge in [0.05, 0.1) is 6.20 Å². The molecule has 0 amide bonds. The Hall–Kier alpha value is -3.22. The van der Waals surface area contributed by atoms with E-state index >= 15 is 0 Å². The fourth-order valence-corrected chi connectivity index (χ4v) is 2.09. The van der Waals surface area contributed by atoms with Gasteiger partial charge in [-0.2, -0.15) is 9.38 Å². The van der Waals surface area contributed by atoms with E-state index in [1.165, 1.54) is 17.4 Å². The van der Waals surface area contributed by atoms with Crippen molar-refractivity contribution in [2.24, 2.45) is 0 Å². The van der Waals surface area contributed by atoms with Gasteiger partial charge in [-0.15, -0.1) is 0 Å². The average molecular weight is 297 g/mol. The van der Waals surface area contributed by atoms with Crippen LogP contribution in [0.4, 0.5) is 5.82 Å². The van der Waals surface area contributed by atoms with Gasteiger partial charge in [0.2, 0.25) is 5.65 Å². The number of aromatic nitrogens is 2. The zero-order valence-corrected chi connectivity index (χ0v) is 11.6. The molecule has 0 aliphatic carbocycles. The van der Waals surface area contributed by atoms with Crippen molar-refractivity contribution in [3.63, 3.8) is 0 Å². The lowest BCUT2D eigenvalue weighted by molar-refractivity contribution is -0.391. The van der Waals surface area contributed by atoms with E-state index in [2.05, 4.69) is 4.98 Å². The first-order valence-corrected chi connectivity index (χ1v) is 6.46. The lowest BCUT2D eigenvalue weighted by atomic mass is 10.1. The Morgan fingerprint density at radius 1 is 1.27 bits per heavy atom. The van der Waals surface area contributed by atoms with Crippen molar-refractivity contribution in [2.75, 3.05) is 0 Å². The molecule has 0 spiro atoms. The summed E-state index contributed by atoms with van der Waals surface area (Å²) in [6.45, 7) is 1.44. The molecule has 0 radical (unpaired) electrons. The maximum Gasteiger partial charge on any atom is 0.392 e. The number of carbonyl (C=O) groups excluding carboxylic acids is 1. The molecule has 3 aromatic rings. The standard InChI is InChI=1S/C15H11N3O4/c1-10(19)11-5-4-6-12(9-11)22-14-15(18(20)21)17-8-3-2-7-13(17)16-14/h2-9H,1H3. The third-order valence-electron chi connectivity index (χ3n) is 3.10. The molecule has 0 saturated carbocycles. The fraction of sp³-hybridized carbons (Fsp3) is 0.0667. The largest absolute Gasteiger partial charge is 0.432 e. The molecular formula is C15H11N3O4. The molecule has 3 rings (SSSR count). The second kappa shape index (κ2) is 5.28. The number of hydrogen-bond acceptors (Lipinski definition) is 5.